The van der Waals surface area contributed by atoms with E-state index >= 15 is 0 Å². The maximum Gasteiger partial charge on any atom is 0.261 e. The topological polar surface area (TPSA) is 51.3 Å². The van der Waals surface area contributed by atoms with Crippen molar-refractivity contribution < 1.29 is 4.42 Å². The van der Waals surface area contributed by atoms with E-state index in [-0.39, 0.29) is 5.56 Å². The maximum absolute atomic E-state index is 13.0. The number of hydrogen-bond acceptors (Lipinski definition) is 4. The van der Waals surface area contributed by atoms with E-state index in [0.717, 1.165) is 44.0 Å². The Bertz CT molecular complexity index is 963. The molecule has 1 fully saturated rings. The Hall–Kier alpha value is -2.66. The summed E-state index contributed by atoms with van der Waals surface area (Å²) in [4.78, 5) is 19.9. The Balaban J connectivity index is 1.44. The number of likely N-dealkylation sites (tertiary alicyclic amines) is 1. The van der Waals surface area contributed by atoms with E-state index in [2.05, 4.69) is 22.0 Å². The third-order valence-corrected chi connectivity index (χ3v) is 5.58. The van der Waals surface area contributed by atoms with Crippen LogP contribution in [0.4, 0.5) is 0 Å². The van der Waals surface area contributed by atoms with Gasteiger partial charge in [0.25, 0.3) is 5.56 Å². The van der Waals surface area contributed by atoms with Gasteiger partial charge in [-0.2, -0.15) is 0 Å². The molecule has 0 radical (unpaired) electrons. The monoisotopic (exact) mass is 347 g/mol. The highest BCUT2D eigenvalue weighted by atomic mass is 16.3. The van der Waals surface area contributed by atoms with Crippen molar-refractivity contribution in [3.63, 3.8) is 0 Å². The van der Waals surface area contributed by atoms with Crippen molar-refractivity contribution in [1.82, 2.24) is 14.5 Å². The highest BCUT2D eigenvalue weighted by molar-refractivity contribution is 5.56. The predicted octanol–water partition coefficient (Wildman–Crippen LogP) is 3.12. The highest BCUT2D eigenvalue weighted by Gasteiger charge is 2.35. The summed E-state index contributed by atoms with van der Waals surface area (Å²) in [5.74, 6) is 1.57. The van der Waals surface area contributed by atoms with E-state index in [1.165, 1.54) is 0 Å². The molecule has 0 spiro atoms. The number of pyridine rings is 2. The molecular weight excluding hydrogens is 326 g/mol. The summed E-state index contributed by atoms with van der Waals surface area (Å²) in [7, 11) is 0. The molecular formula is C21H21N3O2. The van der Waals surface area contributed by atoms with E-state index in [1.807, 2.05) is 41.1 Å². The second-order valence-electron chi connectivity index (χ2n) is 7.38. The lowest BCUT2D eigenvalue weighted by Crippen LogP contribution is -2.47. The lowest BCUT2D eigenvalue weighted by molar-refractivity contribution is 0.113. The van der Waals surface area contributed by atoms with Crippen molar-refractivity contribution in [3.05, 3.63) is 76.7 Å². The molecule has 1 saturated heterocycles. The molecule has 5 heteroatoms. The van der Waals surface area contributed by atoms with Gasteiger partial charge in [-0.25, -0.2) is 0 Å². The standard InChI is InChI=1S/C21H21N3O2/c25-21-18(20-5-3-9-26-20)6-7-19-16-10-15(12-24(19)21)11-23(13-16)14-17-4-1-2-8-22-17/h1-9,15-16H,10-14H2. The van der Waals surface area contributed by atoms with Crippen LogP contribution in [0.2, 0.25) is 0 Å². The van der Waals surface area contributed by atoms with Crippen molar-refractivity contribution >= 4 is 0 Å². The number of hydrogen-bond donors (Lipinski definition) is 0. The highest BCUT2D eigenvalue weighted by Crippen LogP contribution is 2.36. The smallest absolute Gasteiger partial charge is 0.261 e. The quantitative estimate of drug-likeness (QED) is 0.730. The van der Waals surface area contributed by atoms with E-state index in [9.17, 15) is 4.79 Å². The van der Waals surface area contributed by atoms with Gasteiger partial charge in [0.05, 0.1) is 17.5 Å². The molecule has 2 bridgehead atoms. The summed E-state index contributed by atoms with van der Waals surface area (Å²) in [6.45, 7) is 3.66. The van der Waals surface area contributed by atoms with Gasteiger partial charge in [0.15, 0.2) is 0 Å². The van der Waals surface area contributed by atoms with Crippen LogP contribution in [0, 0.1) is 5.92 Å². The molecule has 0 N–H and O–H groups in total. The van der Waals surface area contributed by atoms with Crippen LogP contribution < -0.4 is 5.56 Å². The van der Waals surface area contributed by atoms with Crippen molar-refractivity contribution in [2.24, 2.45) is 5.92 Å². The molecule has 0 aliphatic carbocycles. The first-order valence-electron chi connectivity index (χ1n) is 9.18. The van der Waals surface area contributed by atoms with E-state index in [4.69, 9.17) is 4.42 Å². The molecule has 5 rings (SSSR count). The van der Waals surface area contributed by atoms with Crippen molar-refractivity contribution in [1.29, 1.82) is 0 Å². The third kappa shape index (κ3) is 2.69. The van der Waals surface area contributed by atoms with Crippen LogP contribution >= 0.6 is 0 Å². The van der Waals surface area contributed by atoms with E-state index in [1.54, 1.807) is 6.26 Å². The first-order valence-corrected chi connectivity index (χ1v) is 9.18. The molecule has 5 nitrogen and oxygen atoms in total. The second kappa shape index (κ2) is 6.25. The number of nitrogens with zero attached hydrogens (tertiary/aromatic N) is 3. The van der Waals surface area contributed by atoms with Gasteiger partial charge in [-0.15, -0.1) is 0 Å². The van der Waals surface area contributed by atoms with Gasteiger partial charge in [0.2, 0.25) is 0 Å². The molecule has 2 aliphatic rings. The Morgan fingerprint density at radius 2 is 2.04 bits per heavy atom. The molecule has 26 heavy (non-hydrogen) atoms. The minimum atomic E-state index is 0.0744. The molecule has 132 valence electrons. The molecule has 2 unspecified atom stereocenters. The minimum absolute atomic E-state index is 0.0744. The molecule has 2 atom stereocenters. The molecule has 3 aromatic rings. The van der Waals surface area contributed by atoms with Crippen LogP contribution in [0.15, 0.2) is 64.1 Å². The van der Waals surface area contributed by atoms with Gasteiger partial charge >= 0.3 is 0 Å². The average Bonchev–Trinajstić information content (AvgIpc) is 3.18. The largest absolute Gasteiger partial charge is 0.464 e. The number of piperidine rings is 1. The van der Waals surface area contributed by atoms with E-state index in [0.29, 0.717) is 23.2 Å². The Labute approximate surface area is 151 Å². The van der Waals surface area contributed by atoms with Gasteiger partial charge in [-0.3, -0.25) is 14.7 Å². The molecule has 5 heterocycles. The first kappa shape index (κ1) is 15.6. The van der Waals surface area contributed by atoms with Crippen molar-refractivity contribution in [2.75, 3.05) is 13.1 Å². The summed E-state index contributed by atoms with van der Waals surface area (Å²) in [5.41, 5.74) is 3.00. The second-order valence-corrected chi connectivity index (χ2v) is 7.38. The Kier molecular flexibility index (Phi) is 3.75. The summed E-state index contributed by atoms with van der Waals surface area (Å²) < 4.78 is 7.42. The van der Waals surface area contributed by atoms with Crippen LogP contribution in [-0.4, -0.2) is 27.5 Å². The summed E-state index contributed by atoms with van der Waals surface area (Å²) in [5, 5.41) is 0. The van der Waals surface area contributed by atoms with Crippen LogP contribution in [0.25, 0.3) is 11.3 Å². The van der Waals surface area contributed by atoms with Gasteiger partial charge < -0.3 is 8.98 Å². The SMILES string of the molecule is O=c1c(-c2ccco2)ccc2n1CC1CC2CN(Cc2ccccn2)C1. The zero-order valence-corrected chi connectivity index (χ0v) is 14.5. The van der Waals surface area contributed by atoms with Crippen LogP contribution in [0.5, 0.6) is 0 Å². The number of fused-ring (bicyclic) bond motifs is 4. The average molecular weight is 347 g/mol. The fraction of sp³-hybridized carbons (Fsp3) is 0.333. The molecule has 0 amide bonds. The zero-order chi connectivity index (χ0) is 17.5. The summed E-state index contributed by atoms with van der Waals surface area (Å²) in [6.07, 6.45) is 4.63. The van der Waals surface area contributed by atoms with Crippen molar-refractivity contribution in [3.8, 4) is 11.3 Å². The summed E-state index contributed by atoms with van der Waals surface area (Å²) >= 11 is 0. The molecule has 2 aliphatic heterocycles. The van der Waals surface area contributed by atoms with Crippen molar-refractivity contribution in [2.45, 2.75) is 25.4 Å². The minimum Gasteiger partial charge on any atom is -0.464 e. The first-order chi connectivity index (χ1) is 12.8. The van der Waals surface area contributed by atoms with Crippen LogP contribution in [-0.2, 0) is 13.1 Å². The van der Waals surface area contributed by atoms with Gasteiger partial charge in [0.1, 0.15) is 5.76 Å². The zero-order valence-electron chi connectivity index (χ0n) is 14.5. The molecule has 0 aromatic carbocycles. The van der Waals surface area contributed by atoms with Gasteiger partial charge in [-0.1, -0.05) is 6.07 Å². The van der Waals surface area contributed by atoms with E-state index < -0.39 is 0 Å². The fourth-order valence-corrected chi connectivity index (χ4v) is 4.51. The lowest BCUT2D eigenvalue weighted by Gasteiger charge is -2.42. The summed E-state index contributed by atoms with van der Waals surface area (Å²) in [6, 6.07) is 13.8. The number of aromatic nitrogens is 2. The number of rotatable bonds is 3. The Morgan fingerprint density at radius 3 is 2.85 bits per heavy atom. The Morgan fingerprint density at radius 1 is 1.08 bits per heavy atom. The lowest BCUT2D eigenvalue weighted by atomic mass is 9.83. The maximum atomic E-state index is 13.0. The normalized spacial score (nSPS) is 22.2. The molecule has 0 saturated carbocycles. The van der Waals surface area contributed by atoms with Gasteiger partial charge in [-0.05, 0) is 48.7 Å². The predicted molar refractivity (Wildman–Crippen MR) is 98.8 cm³/mol. The van der Waals surface area contributed by atoms with Gasteiger partial charge in [0, 0.05) is 44.0 Å². The third-order valence-electron chi connectivity index (χ3n) is 5.58. The molecule has 3 aromatic heterocycles. The van der Waals surface area contributed by atoms with Crippen LogP contribution in [0.3, 0.4) is 0 Å². The fourth-order valence-electron chi connectivity index (χ4n) is 4.51. The number of furan rings is 1. The van der Waals surface area contributed by atoms with Crippen LogP contribution in [0.1, 0.15) is 23.7 Å².